The van der Waals surface area contributed by atoms with Crippen LogP contribution in [-0.4, -0.2) is 52.1 Å². The van der Waals surface area contributed by atoms with E-state index in [1.54, 1.807) is 20.8 Å². The molecule has 1 aromatic carbocycles. The molecule has 8 nitrogen and oxygen atoms in total. The molecule has 2 heterocycles. The highest BCUT2D eigenvalue weighted by atomic mass is 35.5. The third kappa shape index (κ3) is 8.26. The van der Waals surface area contributed by atoms with E-state index in [1.165, 1.54) is 23.2 Å². The molecule has 1 saturated heterocycles. The lowest BCUT2D eigenvalue weighted by atomic mass is 10.1. The van der Waals surface area contributed by atoms with E-state index >= 15 is 0 Å². The van der Waals surface area contributed by atoms with Gasteiger partial charge in [0.1, 0.15) is 20.4 Å². The number of aromatic nitrogens is 1. The van der Waals surface area contributed by atoms with E-state index in [0.29, 0.717) is 6.07 Å². The number of nitrogens with zero attached hydrogens (tertiary/aromatic N) is 3. The number of alkyl halides is 5. The quantitative estimate of drug-likeness (QED) is 0.373. The van der Waals surface area contributed by atoms with Crippen LogP contribution in [0.4, 0.5) is 38.1 Å². The van der Waals surface area contributed by atoms with Gasteiger partial charge in [0, 0.05) is 44.1 Å². The van der Waals surface area contributed by atoms with E-state index in [9.17, 15) is 35.8 Å². The van der Waals surface area contributed by atoms with Gasteiger partial charge in [0.2, 0.25) is 5.92 Å². The second kappa shape index (κ2) is 11.5. The van der Waals surface area contributed by atoms with E-state index in [0.717, 1.165) is 12.3 Å². The minimum absolute atomic E-state index is 0.00172. The first-order valence-electron chi connectivity index (χ1n) is 12.0. The monoisotopic (exact) mass is 610 g/mol. The summed E-state index contributed by atoms with van der Waals surface area (Å²) < 4.78 is 90.5. The zero-order chi connectivity index (χ0) is 30.1. The van der Waals surface area contributed by atoms with E-state index in [2.05, 4.69) is 14.7 Å². The molecule has 0 aliphatic carbocycles. The van der Waals surface area contributed by atoms with Gasteiger partial charge in [-0.3, -0.25) is 4.79 Å². The Labute approximate surface area is 233 Å². The Morgan fingerprint density at radius 3 is 2.45 bits per heavy atom. The Bertz CT molecular complexity index is 1420. The Kier molecular flexibility index (Phi) is 9.04. The lowest BCUT2D eigenvalue weighted by molar-refractivity contribution is -0.137. The van der Waals surface area contributed by atoms with Crippen LogP contribution in [0.5, 0.6) is 0 Å². The van der Waals surface area contributed by atoms with Crippen LogP contribution in [0.3, 0.4) is 0 Å². The Morgan fingerprint density at radius 1 is 1.15 bits per heavy atom. The molecular weight excluding hydrogens is 583 g/mol. The molecule has 2 aromatic rings. The van der Waals surface area contributed by atoms with Gasteiger partial charge in [-0.05, 0) is 51.5 Å². The number of carbonyl (C=O) groups excluding carboxylic acids is 2. The fourth-order valence-electron chi connectivity index (χ4n) is 3.89. The highest BCUT2D eigenvalue weighted by molar-refractivity contribution is 7.93. The average molecular weight is 611 g/mol. The Morgan fingerprint density at radius 2 is 1.82 bits per heavy atom. The Balaban J connectivity index is 1.98. The van der Waals surface area contributed by atoms with E-state index in [1.807, 2.05) is 0 Å². The van der Waals surface area contributed by atoms with Crippen LogP contribution in [0.15, 0.2) is 39.9 Å². The highest BCUT2D eigenvalue weighted by Gasteiger charge is 2.37. The van der Waals surface area contributed by atoms with Crippen molar-refractivity contribution in [3.8, 4) is 0 Å². The predicted octanol–water partition coefficient (Wildman–Crippen LogP) is 7.02. The Hall–Kier alpha value is -3.00. The predicted molar refractivity (Wildman–Crippen MR) is 141 cm³/mol. The third-order valence-corrected chi connectivity index (χ3v) is 7.53. The van der Waals surface area contributed by atoms with Crippen LogP contribution in [0.2, 0.25) is 5.02 Å². The molecular formula is C25H28ClF5N4O4S. The van der Waals surface area contributed by atoms with Crippen LogP contribution in [-0.2, 0) is 20.6 Å². The number of anilines is 2. The van der Waals surface area contributed by atoms with E-state index in [-0.39, 0.29) is 41.5 Å². The van der Waals surface area contributed by atoms with Crippen LogP contribution < -0.4 is 10.2 Å². The molecule has 1 aromatic heterocycles. The smallest absolute Gasteiger partial charge is 0.442 e. The number of nitrogens with one attached hydrogen (secondary N) is 1. The van der Waals surface area contributed by atoms with Crippen molar-refractivity contribution < 1.29 is 40.5 Å². The lowest BCUT2D eigenvalue weighted by Gasteiger charge is -2.27. The molecule has 1 N–H and O–H groups in total. The summed E-state index contributed by atoms with van der Waals surface area (Å²) in [6.45, 7) is 4.52. The molecule has 1 fully saturated rings. The summed E-state index contributed by atoms with van der Waals surface area (Å²) in [6, 6.07) is 4.02. The number of hydrogen-bond donors (Lipinski definition) is 1. The molecule has 3 rings (SSSR count). The van der Waals surface area contributed by atoms with Crippen molar-refractivity contribution in [2.45, 2.75) is 62.8 Å². The average Bonchev–Trinajstić information content (AvgIpc) is 2.97. The minimum Gasteiger partial charge on any atom is -0.442 e. The summed E-state index contributed by atoms with van der Waals surface area (Å²) in [7, 11) is -3.41. The molecule has 1 atom stereocenters. The van der Waals surface area contributed by atoms with E-state index in [4.69, 9.17) is 16.3 Å². The molecule has 0 bridgehead atoms. The summed E-state index contributed by atoms with van der Waals surface area (Å²) in [5.74, 6) is -3.88. The maximum atomic E-state index is 14.0. The number of pyridine rings is 1. The zero-order valence-electron chi connectivity index (χ0n) is 22.1. The largest absolute Gasteiger partial charge is 0.442 e. The van der Waals surface area contributed by atoms with Gasteiger partial charge in [0.25, 0.3) is 5.91 Å². The van der Waals surface area contributed by atoms with Gasteiger partial charge in [-0.2, -0.15) is 13.2 Å². The number of ether oxygens (including phenoxy) is 1. The van der Waals surface area contributed by atoms with Crippen molar-refractivity contribution in [1.29, 1.82) is 0 Å². The fourth-order valence-corrected chi connectivity index (χ4v) is 5.18. The number of carbonyl (C=O) groups is 2. The third-order valence-electron chi connectivity index (χ3n) is 5.72. The number of amides is 2. The molecule has 2 amide bonds. The second-order valence-electron chi connectivity index (χ2n) is 10.3. The van der Waals surface area contributed by atoms with Crippen LogP contribution in [0.25, 0.3) is 0 Å². The number of benzene rings is 1. The summed E-state index contributed by atoms with van der Waals surface area (Å²) >= 11 is 5.89. The maximum absolute atomic E-state index is 14.0. The SMILES string of the molecule is CC(C)(C)OC(=O)N=[S@](C)(=O)c1cc(NC(=O)c2cc(Cl)c(C(F)(F)F)cc2N2CCCC(F)(F)CC2)ccn1. The van der Waals surface area contributed by atoms with E-state index < -0.39 is 62.9 Å². The summed E-state index contributed by atoms with van der Waals surface area (Å²) in [6.07, 6.45) is -4.63. The second-order valence-corrected chi connectivity index (χ2v) is 12.9. The maximum Gasteiger partial charge on any atom is 0.442 e. The zero-order valence-corrected chi connectivity index (χ0v) is 23.6. The molecule has 220 valence electrons. The van der Waals surface area contributed by atoms with Gasteiger partial charge < -0.3 is 15.0 Å². The normalized spacial score (nSPS) is 17.4. The summed E-state index contributed by atoms with van der Waals surface area (Å²) in [5, 5.41) is 1.57. The molecule has 0 spiro atoms. The number of halogens is 6. The highest BCUT2D eigenvalue weighted by Crippen LogP contribution is 2.40. The molecule has 1 aliphatic rings. The van der Waals surface area contributed by atoms with Gasteiger partial charge in [0.15, 0.2) is 0 Å². The number of rotatable bonds is 4. The van der Waals surface area contributed by atoms with Crippen LogP contribution in [0.1, 0.15) is 56.0 Å². The summed E-state index contributed by atoms with van der Waals surface area (Å²) in [5.41, 5.74) is -2.55. The minimum atomic E-state index is -4.85. The first-order chi connectivity index (χ1) is 18.3. The van der Waals surface area contributed by atoms with Crippen molar-refractivity contribution in [2.24, 2.45) is 4.36 Å². The first kappa shape index (κ1) is 31.5. The molecule has 40 heavy (non-hydrogen) atoms. The van der Waals surface area contributed by atoms with Gasteiger partial charge in [-0.1, -0.05) is 11.6 Å². The molecule has 0 radical (unpaired) electrons. The van der Waals surface area contributed by atoms with Crippen LogP contribution in [0, 0.1) is 0 Å². The van der Waals surface area contributed by atoms with Gasteiger partial charge in [0.05, 0.1) is 21.8 Å². The van der Waals surface area contributed by atoms with Gasteiger partial charge in [-0.15, -0.1) is 4.36 Å². The molecule has 0 unspecified atom stereocenters. The summed E-state index contributed by atoms with van der Waals surface area (Å²) in [4.78, 5) is 30.6. The van der Waals surface area contributed by atoms with Gasteiger partial charge in [-0.25, -0.2) is 22.8 Å². The topological polar surface area (TPSA) is 101 Å². The van der Waals surface area contributed by atoms with Crippen LogP contribution >= 0.6 is 11.6 Å². The number of hydrogen-bond acceptors (Lipinski definition) is 6. The van der Waals surface area contributed by atoms with Crippen molar-refractivity contribution >= 4 is 44.7 Å². The van der Waals surface area contributed by atoms with Crippen molar-refractivity contribution in [3.05, 3.63) is 46.6 Å². The van der Waals surface area contributed by atoms with Crippen molar-refractivity contribution in [1.82, 2.24) is 4.98 Å². The fraction of sp³-hybridized carbons (Fsp3) is 0.480. The van der Waals surface area contributed by atoms with Crippen molar-refractivity contribution in [3.63, 3.8) is 0 Å². The lowest BCUT2D eigenvalue weighted by Crippen LogP contribution is -2.29. The standard InChI is InChI=1S/C25H28ClF5N4O4S/c1-23(2,3)39-22(37)34-40(4,38)20-12-15(6-9-32-20)33-21(36)16-13-18(26)17(25(29,30)31)14-19(16)35-10-5-7-24(27,28)8-11-35/h6,9,12-14H,5,7-8,10-11H2,1-4H3,(H,32,33,36)/t40-/m1/s1. The van der Waals surface area contributed by atoms with Gasteiger partial charge >= 0.3 is 12.3 Å². The first-order valence-corrected chi connectivity index (χ1v) is 14.3. The van der Waals surface area contributed by atoms with Crippen molar-refractivity contribution in [2.75, 3.05) is 29.6 Å². The molecule has 0 saturated carbocycles. The molecule has 15 heteroatoms. The molecule has 1 aliphatic heterocycles.